The third-order valence-electron chi connectivity index (χ3n) is 3.37. The zero-order chi connectivity index (χ0) is 9.10. The standard InChI is InChI=1S/C11H21NS/c12-11(10-5-6-10)8-13-7-9-3-1-2-4-9/h9-11H,1-8,12H2. The molecule has 1 unspecified atom stereocenters. The van der Waals surface area contributed by atoms with Gasteiger partial charge in [-0.2, -0.15) is 11.8 Å². The molecule has 76 valence electrons. The number of thioether (sulfide) groups is 1. The lowest BCUT2D eigenvalue weighted by atomic mass is 10.1. The van der Waals surface area contributed by atoms with Crippen LogP contribution < -0.4 is 5.73 Å². The van der Waals surface area contributed by atoms with Crippen molar-refractivity contribution < 1.29 is 0 Å². The largest absolute Gasteiger partial charge is 0.327 e. The lowest BCUT2D eigenvalue weighted by molar-refractivity contribution is 0.618. The van der Waals surface area contributed by atoms with Crippen molar-refractivity contribution in [2.24, 2.45) is 17.6 Å². The van der Waals surface area contributed by atoms with E-state index in [2.05, 4.69) is 11.8 Å². The van der Waals surface area contributed by atoms with Crippen molar-refractivity contribution in [1.82, 2.24) is 0 Å². The van der Waals surface area contributed by atoms with Crippen LogP contribution in [0.3, 0.4) is 0 Å². The Morgan fingerprint density at radius 2 is 1.85 bits per heavy atom. The van der Waals surface area contributed by atoms with Gasteiger partial charge >= 0.3 is 0 Å². The van der Waals surface area contributed by atoms with Crippen LogP contribution in [0.15, 0.2) is 0 Å². The summed E-state index contributed by atoms with van der Waals surface area (Å²) in [6.45, 7) is 0. The lowest BCUT2D eigenvalue weighted by Gasteiger charge is -2.12. The first-order valence-electron chi connectivity index (χ1n) is 5.69. The smallest absolute Gasteiger partial charge is 0.0158 e. The van der Waals surface area contributed by atoms with Gasteiger partial charge in [-0.1, -0.05) is 12.8 Å². The zero-order valence-electron chi connectivity index (χ0n) is 8.37. The molecular weight excluding hydrogens is 178 g/mol. The molecule has 0 amide bonds. The summed E-state index contributed by atoms with van der Waals surface area (Å²) in [5, 5.41) is 0. The first-order valence-corrected chi connectivity index (χ1v) is 6.85. The third-order valence-corrected chi connectivity index (χ3v) is 4.69. The van der Waals surface area contributed by atoms with Crippen molar-refractivity contribution in [3.05, 3.63) is 0 Å². The first-order chi connectivity index (χ1) is 6.36. The minimum absolute atomic E-state index is 0.506. The molecule has 1 nitrogen and oxygen atoms in total. The van der Waals surface area contributed by atoms with Crippen LogP contribution in [-0.2, 0) is 0 Å². The molecule has 2 saturated carbocycles. The molecule has 0 aliphatic heterocycles. The Morgan fingerprint density at radius 3 is 2.46 bits per heavy atom. The Labute approximate surface area is 85.8 Å². The van der Waals surface area contributed by atoms with Crippen molar-refractivity contribution in [2.45, 2.75) is 44.6 Å². The maximum absolute atomic E-state index is 6.04. The molecule has 2 N–H and O–H groups in total. The summed E-state index contributed by atoms with van der Waals surface area (Å²) in [5.74, 6) is 4.49. The quantitative estimate of drug-likeness (QED) is 0.736. The SMILES string of the molecule is NC(CSCC1CCCC1)C1CC1. The van der Waals surface area contributed by atoms with Crippen LogP contribution in [0, 0.1) is 11.8 Å². The topological polar surface area (TPSA) is 26.0 Å². The van der Waals surface area contributed by atoms with Crippen molar-refractivity contribution in [3.8, 4) is 0 Å². The number of nitrogens with two attached hydrogens (primary N) is 1. The van der Waals surface area contributed by atoms with Crippen molar-refractivity contribution in [2.75, 3.05) is 11.5 Å². The summed E-state index contributed by atoms with van der Waals surface area (Å²) in [6, 6.07) is 0.506. The monoisotopic (exact) mass is 199 g/mol. The molecule has 2 fully saturated rings. The van der Waals surface area contributed by atoms with Gasteiger partial charge < -0.3 is 5.73 Å². The van der Waals surface area contributed by atoms with Gasteiger partial charge in [-0.25, -0.2) is 0 Å². The minimum atomic E-state index is 0.506. The maximum atomic E-state index is 6.04. The van der Waals surface area contributed by atoms with E-state index in [1.807, 2.05) is 0 Å². The average Bonchev–Trinajstić information content (AvgIpc) is 2.86. The molecule has 0 aromatic carbocycles. The second-order valence-electron chi connectivity index (χ2n) is 4.69. The van der Waals surface area contributed by atoms with Crippen molar-refractivity contribution in [1.29, 1.82) is 0 Å². The van der Waals surface area contributed by atoms with Crippen LogP contribution in [0.1, 0.15) is 38.5 Å². The summed E-state index contributed by atoms with van der Waals surface area (Å²) in [6.07, 6.45) is 8.69. The number of hydrogen-bond donors (Lipinski definition) is 1. The Morgan fingerprint density at radius 1 is 1.15 bits per heavy atom. The Balaban J connectivity index is 1.52. The van der Waals surface area contributed by atoms with Crippen LogP contribution in [0.5, 0.6) is 0 Å². The number of rotatable bonds is 5. The predicted molar refractivity (Wildman–Crippen MR) is 60.0 cm³/mol. The van der Waals surface area contributed by atoms with Gasteiger partial charge in [0, 0.05) is 11.8 Å². The highest BCUT2D eigenvalue weighted by Gasteiger charge is 2.28. The van der Waals surface area contributed by atoms with Crippen molar-refractivity contribution >= 4 is 11.8 Å². The number of hydrogen-bond acceptors (Lipinski definition) is 2. The van der Waals surface area contributed by atoms with E-state index in [4.69, 9.17) is 5.73 Å². The Kier molecular flexibility index (Phi) is 3.56. The molecule has 2 rings (SSSR count). The van der Waals surface area contributed by atoms with E-state index < -0.39 is 0 Å². The summed E-state index contributed by atoms with van der Waals surface area (Å²) in [7, 11) is 0. The molecule has 0 heterocycles. The molecule has 0 spiro atoms. The highest BCUT2D eigenvalue weighted by molar-refractivity contribution is 7.99. The van der Waals surface area contributed by atoms with Gasteiger partial charge in [-0.05, 0) is 43.3 Å². The minimum Gasteiger partial charge on any atom is -0.327 e. The van der Waals surface area contributed by atoms with Crippen LogP contribution in [0.25, 0.3) is 0 Å². The Hall–Kier alpha value is 0.310. The third kappa shape index (κ3) is 3.17. The molecule has 2 aliphatic rings. The molecule has 0 aromatic heterocycles. The van der Waals surface area contributed by atoms with E-state index in [0.717, 1.165) is 11.8 Å². The zero-order valence-corrected chi connectivity index (χ0v) is 9.19. The van der Waals surface area contributed by atoms with E-state index in [1.165, 1.54) is 50.0 Å². The van der Waals surface area contributed by atoms with Crippen LogP contribution in [-0.4, -0.2) is 17.5 Å². The van der Waals surface area contributed by atoms with E-state index in [1.54, 1.807) is 0 Å². The van der Waals surface area contributed by atoms with E-state index in [9.17, 15) is 0 Å². The highest BCUT2D eigenvalue weighted by atomic mass is 32.2. The van der Waals surface area contributed by atoms with Gasteiger partial charge in [0.15, 0.2) is 0 Å². The molecule has 13 heavy (non-hydrogen) atoms. The second kappa shape index (κ2) is 4.70. The van der Waals surface area contributed by atoms with Gasteiger partial charge in [0.25, 0.3) is 0 Å². The molecule has 1 atom stereocenters. The molecule has 2 heteroatoms. The van der Waals surface area contributed by atoms with Gasteiger partial charge in [-0.15, -0.1) is 0 Å². The normalized spacial score (nSPS) is 26.5. The molecule has 0 saturated heterocycles. The van der Waals surface area contributed by atoms with E-state index in [-0.39, 0.29) is 0 Å². The summed E-state index contributed by atoms with van der Waals surface area (Å²) in [4.78, 5) is 0. The van der Waals surface area contributed by atoms with Crippen LogP contribution in [0.2, 0.25) is 0 Å². The van der Waals surface area contributed by atoms with Gasteiger partial charge in [0.2, 0.25) is 0 Å². The van der Waals surface area contributed by atoms with Crippen molar-refractivity contribution in [3.63, 3.8) is 0 Å². The predicted octanol–water partition coefficient (Wildman–Crippen LogP) is 2.65. The average molecular weight is 199 g/mol. The molecule has 2 aliphatic carbocycles. The molecule has 0 bridgehead atoms. The fourth-order valence-corrected chi connectivity index (χ4v) is 3.56. The summed E-state index contributed by atoms with van der Waals surface area (Å²) >= 11 is 2.10. The maximum Gasteiger partial charge on any atom is 0.0158 e. The summed E-state index contributed by atoms with van der Waals surface area (Å²) in [5.41, 5.74) is 6.04. The lowest BCUT2D eigenvalue weighted by Crippen LogP contribution is -2.25. The summed E-state index contributed by atoms with van der Waals surface area (Å²) < 4.78 is 0. The van der Waals surface area contributed by atoms with Gasteiger partial charge in [-0.3, -0.25) is 0 Å². The van der Waals surface area contributed by atoms with E-state index in [0.29, 0.717) is 6.04 Å². The first kappa shape index (κ1) is 9.85. The van der Waals surface area contributed by atoms with E-state index >= 15 is 0 Å². The fraction of sp³-hybridized carbons (Fsp3) is 1.00. The second-order valence-corrected chi connectivity index (χ2v) is 5.76. The molecule has 0 radical (unpaired) electrons. The molecule has 0 aromatic rings. The fourth-order valence-electron chi connectivity index (χ4n) is 2.21. The highest BCUT2D eigenvalue weighted by Crippen LogP contribution is 2.34. The Bertz CT molecular complexity index is 148. The molecular formula is C11H21NS. The van der Waals surface area contributed by atoms with Crippen LogP contribution >= 0.6 is 11.8 Å². The van der Waals surface area contributed by atoms with Gasteiger partial charge in [0.05, 0.1) is 0 Å². The van der Waals surface area contributed by atoms with Gasteiger partial charge in [0.1, 0.15) is 0 Å². The van der Waals surface area contributed by atoms with Crippen LogP contribution in [0.4, 0.5) is 0 Å².